The van der Waals surface area contributed by atoms with E-state index in [0.29, 0.717) is 46.9 Å². The van der Waals surface area contributed by atoms with Crippen molar-refractivity contribution in [1.29, 1.82) is 5.26 Å². The molecule has 0 spiro atoms. The van der Waals surface area contributed by atoms with Crippen LogP contribution < -0.4 is 0 Å². The van der Waals surface area contributed by atoms with Gasteiger partial charge in [0.05, 0.1) is 23.4 Å². The number of aryl methyl sites for hydroxylation is 1. The van der Waals surface area contributed by atoms with Crippen LogP contribution in [0.1, 0.15) is 43.6 Å². The zero-order valence-corrected chi connectivity index (χ0v) is 20.5. The highest BCUT2D eigenvalue weighted by molar-refractivity contribution is 6.02. The van der Waals surface area contributed by atoms with E-state index in [-0.39, 0.29) is 36.0 Å². The van der Waals surface area contributed by atoms with Gasteiger partial charge in [0.15, 0.2) is 11.6 Å². The normalized spacial score (nSPS) is 22.4. The minimum absolute atomic E-state index is 0.0601. The van der Waals surface area contributed by atoms with Crippen molar-refractivity contribution in [2.45, 2.75) is 44.9 Å². The topological polar surface area (TPSA) is 117 Å². The average Bonchev–Trinajstić information content (AvgIpc) is 2.89. The zero-order chi connectivity index (χ0) is 26.3. The Balaban J connectivity index is 1.75. The molecule has 3 aromatic rings. The molecule has 0 unspecified atom stereocenters. The third-order valence-electron chi connectivity index (χ3n) is 7.64. The lowest BCUT2D eigenvalue weighted by molar-refractivity contribution is -0.137. The molecule has 1 aromatic carbocycles. The monoisotopic (exact) mass is 496 g/mol. The highest BCUT2D eigenvalue weighted by atomic mass is 19.1. The van der Waals surface area contributed by atoms with E-state index in [9.17, 15) is 14.9 Å². The standard InChI is InChI=1S/C29H25FN4O3/c1-16-22-9-8-21-25(20-5-3-4-6-23(20)30)33-28(17-11-12-32-19(13-17)7-10-24(35)36)34-27(21)29(22,2)14-18(15-31)26(16)37/h3-6,11-14,16,22H,7-10H2,1-2H3,(H,35,36)/t16-,22-,29-/m1/s1. The Labute approximate surface area is 213 Å². The van der Waals surface area contributed by atoms with Gasteiger partial charge in [-0.1, -0.05) is 32.1 Å². The first-order chi connectivity index (χ1) is 17.7. The van der Waals surface area contributed by atoms with Crippen LogP contribution in [0.5, 0.6) is 0 Å². The molecule has 186 valence electrons. The molecule has 0 saturated carbocycles. The van der Waals surface area contributed by atoms with Crippen LogP contribution in [0.25, 0.3) is 22.6 Å². The van der Waals surface area contributed by atoms with Gasteiger partial charge in [-0.3, -0.25) is 14.6 Å². The first-order valence-electron chi connectivity index (χ1n) is 12.2. The van der Waals surface area contributed by atoms with E-state index < -0.39 is 17.2 Å². The molecular weight excluding hydrogens is 471 g/mol. The third-order valence-corrected chi connectivity index (χ3v) is 7.64. The Kier molecular flexibility index (Phi) is 6.16. The second-order valence-corrected chi connectivity index (χ2v) is 9.88. The predicted octanol–water partition coefficient (Wildman–Crippen LogP) is 4.85. The molecule has 37 heavy (non-hydrogen) atoms. The highest BCUT2D eigenvalue weighted by Crippen LogP contribution is 2.51. The molecule has 7 nitrogen and oxygen atoms in total. The summed E-state index contributed by atoms with van der Waals surface area (Å²) < 4.78 is 15.1. The van der Waals surface area contributed by atoms with Crippen molar-refractivity contribution in [1.82, 2.24) is 15.0 Å². The SMILES string of the molecule is C[C@H]1C(=O)C(C#N)=C[C@@]2(C)c3nc(-c4ccnc(CCC(=O)O)c4)nc(-c4ccccc4F)c3CC[C@H]12. The summed E-state index contributed by atoms with van der Waals surface area (Å²) in [6.07, 6.45) is 4.76. The van der Waals surface area contributed by atoms with Crippen LogP contribution in [0.2, 0.25) is 0 Å². The van der Waals surface area contributed by atoms with E-state index >= 15 is 4.39 Å². The maximum absolute atomic E-state index is 15.1. The van der Waals surface area contributed by atoms with Crippen molar-refractivity contribution >= 4 is 11.8 Å². The third kappa shape index (κ3) is 4.20. The fourth-order valence-electron chi connectivity index (χ4n) is 5.77. The number of carboxylic acid groups (broad SMARTS) is 1. The largest absolute Gasteiger partial charge is 0.481 e. The van der Waals surface area contributed by atoms with Crippen molar-refractivity contribution < 1.29 is 19.1 Å². The molecule has 0 fully saturated rings. The van der Waals surface area contributed by atoms with Gasteiger partial charge in [0.25, 0.3) is 0 Å². The predicted molar refractivity (Wildman–Crippen MR) is 134 cm³/mol. The summed E-state index contributed by atoms with van der Waals surface area (Å²) in [6, 6.07) is 12.0. The van der Waals surface area contributed by atoms with Crippen molar-refractivity contribution in [3.05, 3.63) is 77.0 Å². The van der Waals surface area contributed by atoms with Crippen molar-refractivity contribution in [2.24, 2.45) is 11.8 Å². The maximum atomic E-state index is 15.1. The zero-order valence-electron chi connectivity index (χ0n) is 20.5. The average molecular weight is 497 g/mol. The number of carbonyl (C=O) groups excluding carboxylic acids is 1. The minimum Gasteiger partial charge on any atom is -0.481 e. The van der Waals surface area contributed by atoms with Crippen LogP contribution in [0.4, 0.5) is 4.39 Å². The van der Waals surface area contributed by atoms with E-state index in [2.05, 4.69) is 11.1 Å². The number of hydrogen-bond acceptors (Lipinski definition) is 6. The lowest BCUT2D eigenvalue weighted by Crippen LogP contribution is -2.46. The van der Waals surface area contributed by atoms with Crippen molar-refractivity contribution in [3.63, 3.8) is 0 Å². The minimum atomic E-state index is -0.918. The maximum Gasteiger partial charge on any atom is 0.303 e. The molecular formula is C29H25FN4O3. The summed E-state index contributed by atoms with van der Waals surface area (Å²) in [4.78, 5) is 37.9. The Hall–Kier alpha value is -4.25. The Morgan fingerprint density at radius 1 is 1.27 bits per heavy atom. The number of allylic oxidation sites excluding steroid dienone is 2. The number of rotatable bonds is 5. The van der Waals surface area contributed by atoms with Gasteiger partial charge in [0.2, 0.25) is 0 Å². The number of nitriles is 1. The summed E-state index contributed by atoms with van der Waals surface area (Å²) in [5, 5.41) is 18.7. The van der Waals surface area contributed by atoms with Gasteiger partial charge in [-0.2, -0.15) is 5.26 Å². The molecule has 0 amide bonds. The molecule has 0 bridgehead atoms. The summed E-state index contributed by atoms with van der Waals surface area (Å²) >= 11 is 0. The molecule has 2 heterocycles. The molecule has 1 N–H and O–H groups in total. The molecule has 2 aliphatic rings. The molecule has 8 heteroatoms. The van der Waals surface area contributed by atoms with Gasteiger partial charge < -0.3 is 5.11 Å². The number of Topliss-reactive ketones (excluding diaryl/α,β-unsaturated/α-hetero) is 1. The van der Waals surface area contributed by atoms with Crippen LogP contribution in [0, 0.1) is 29.0 Å². The second kappa shape index (κ2) is 9.32. The van der Waals surface area contributed by atoms with E-state index in [4.69, 9.17) is 15.1 Å². The number of carboxylic acids is 1. The fourth-order valence-corrected chi connectivity index (χ4v) is 5.77. The fraction of sp³-hybridized carbons (Fsp3) is 0.310. The van der Waals surface area contributed by atoms with Crippen LogP contribution in [-0.2, 0) is 27.8 Å². The van der Waals surface area contributed by atoms with Crippen molar-refractivity contribution in [2.75, 3.05) is 0 Å². The molecule has 0 aliphatic heterocycles. The van der Waals surface area contributed by atoms with E-state index in [1.807, 2.05) is 13.8 Å². The number of ketones is 1. The smallest absolute Gasteiger partial charge is 0.303 e. The van der Waals surface area contributed by atoms with E-state index in [0.717, 1.165) is 5.56 Å². The lowest BCUT2D eigenvalue weighted by atomic mass is 9.57. The molecule has 0 radical (unpaired) electrons. The Morgan fingerprint density at radius 3 is 2.78 bits per heavy atom. The van der Waals surface area contributed by atoms with Crippen LogP contribution in [-0.4, -0.2) is 31.8 Å². The summed E-state index contributed by atoms with van der Waals surface area (Å²) in [7, 11) is 0. The molecule has 3 atom stereocenters. The number of nitrogens with zero attached hydrogens (tertiary/aromatic N) is 4. The number of halogens is 1. The number of hydrogen-bond donors (Lipinski definition) is 1. The quantitative estimate of drug-likeness (QED) is 0.537. The van der Waals surface area contributed by atoms with Crippen LogP contribution >= 0.6 is 0 Å². The number of fused-ring (bicyclic) bond motifs is 3. The van der Waals surface area contributed by atoms with Gasteiger partial charge >= 0.3 is 5.97 Å². The van der Waals surface area contributed by atoms with Gasteiger partial charge in [-0.05, 0) is 43.0 Å². The van der Waals surface area contributed by atoms with Crippen molar-refractivity contribution in [3.8, 4) is 28.7 Å². The number of carbonyl (C=O) groups is 2. The van der Waals surface area contributed by atoms with Gasteiger partial charge in [0.1, 0.15) is 11.9 Å². The molecule has 2 aromatic heterocycles. The first-order valence-corrected chi connectivity index (χ1v) is 12.2. The lowest BCUT2D eigenvalue weighted by Gasteiger charge is -2.45. The van der Waals surface area contributed by atoms with Crippen LogP contribution in [0.3, 0.4) is 0 Å². The summed E-state index contributed by atoms with van der Waals surface area (Å²) in [5.41, 5.74) is 2.94. The molecule has 0 saturated heterocycles. The highest BCUT2D eigenvalue weighted by Gasteiger charge is 2.49. The summed E-state index contributed by atoms with van der Waals surface area (Å²) in [5.74, 6) is -1.54. The van der Waals surface area contributed by atoms with E-state index in [1.54, 1.807) is 42.6 Å². The second-order valence-electron chi connectivity index (χ2n) is 9.88. The van der Waals surface area contributed by atoms with Gasteiger partial charge in [-0.25, -0.2) is 14.4 Å². The van der Waals surface area contributed by atoms with E-state index in [1.165, 1.54) is 6.07 Å². The molecule has 2 aliphatic carbocycles. The number of aliphatic carboxylic acids is 1. The Morgan fingerprint density at radius 2 is 2.05 bits per heavy atom. The number of pyridine rings is 1. The first kappa shape index (κ1) is 24.4. The summed E-state index contributed by atoms with van der Waals surface area (Å²) in [6.45, 7) is 3.85. The molecule has 5 rings (SSSR count). The number of aromatic nitrogens is 3. The Bertz CT molecular complexity index is 1510. The van der Waals surface area contributed by atoms with Gasteiger partial charge in [0, 0.05) is 46.3 Å². The number of benzene rings is 1. The van der Waals surface area contributed by atoms with Crippen LogP contribution in [0.15, 0.2) is 54.2 Å². The van der Waals surface area contributed by atoms with Gasteiger partial charge in [-0.15, -0.1) is 0 Å².